The fraction of sp³-hybridized carbons (Fsp3) is 0.938. The second-order valence-electron chi connectivity index (χ2n) is 6.88. The molecule has 0 aromatic carbocycles. The molecule has 3 aliphatic rings. The third kappa shape index (κ3) is 3.66. The van der Waals surface area contributed by atoms with Gasteiger partial charge in [-0.15, -0.1) is 0 Å². The van der Waals surface area contributed by atoms with Crippen molar-refractivity contribution in [2.24, 2.45) is 11.8 Å². The molecule has 1 saturated heterocycles. The lowest BCUT2D eigenvalue weighted by Crippen LogP contribution is -2.55. The van der Waals surface area contributed by atoms with Crippen LogP contribution in [0, 0.1) is 11.8 Å². The van der Waals surface area contributed by atoms with Crippen molar-refractivity contribution in [1.82, 2.24) is 10.2 Å². The number of hydrogen-bond acceptors (Lipinski definition) is 3. The third-order valence-electron chi connectivity index (χ3n) is 5.12. The second kappa shape index (κ2) is 6.33. The molecule has 2 aliphatic carbocycles. The zero-order valence-electron chi connectivity index (χ0n) is 12.6. The first kappa shape index (κ1) is 14.2. The van der Waals surface area contributed by atoms with Crippen LogP contribution in [-0.4, -0.2) is 42.8 Å². The molecule has 1 amide bonds. The monoisotopic (exact) mass is 280 g/mol. The van der Waals surface area contributed by atoms with Gasteiger partial charge in [0.25, 0.3) is 0 Å². The van der Waals surface area contributed by atoms with E-state index in [1.165, 1.54) is 45.1 Å². The Hall–Kier alpha value is -0.770. The van der Waals surface area contributed by atoms with Crippen LogP contribution in [0.15, 0.2) is 0 Å². The summed E-state index contributed by atoms with van der Waals surface area (Å²) in [6.45, 7) is 4.58. The van der Waals surface area contributed by atoms with Gasteiger partial charge < -0.3 is 10.1 Å². The van der Waals surface area contributed by atoms with E-state index in [0.29, 0.717) is 6.61 Å². The maximum absolute atomic E-state index is 11.7. The van der Waals surface area contributed by atoms with E-state index >= 15 is 0 Å². The Kier molecular flexibility index (Phi) is 4.49. The summed E-state index contributed by atoms with van der Waals surface area (Å²) >= 11 is 0. The van der Waals surface area contributed by atoms with Crippen LogP contribution >= 0.6 is 0 Å². The molecule has 4 heteroatoms. The minimum absolute atomic E-state index is 0.238. The molecule has 114 valence electrons. The molecule has 3 rings (SSSR count). The normalized spacial score (nSPS) is 31.6. The molecule has 1 aliphatic heterocycles. The van der Waals surface area contributed by atoms with Crippen molar-refractivity contribution in [2.75, 3.05) is 19.7 Å². The van der Waals surface area contributed by atoms with E-state index in [4.69, 9.17) is 4.74 Å². The molecule has 20 heavy (non-hydrogen) atoms. The van der Waals surface area contributed by atoms with E-state index in [-0.39, 0.29) is 12.1 Å². The van der Waals surface area contributed by atoms with Crippen LogP contribution in [-0.2, 0) is 4.74 Å². The van der Waals surface area contributed by atoms with Crippen LogP contribution in [0.3, 0.4) is 0 Å². The van der Waals surface area contributed by atoms with Gasteiger partial charge in [-0.3, -0.25) is 4.90 Å². The number of hydrogen-bond donors (Lipinski definition) is 1. The molecule has 1 heterocycles. The average Bonchev–Trinajstić information content (AvgIpc) is 3.10. The predicted molar refractivity (Wildman–Crippen MR) is 78.6 cm³/mol. The first-order valence-corrected chi connectivity index (χ1v) is 8.42. The second-order valence-corrected chi connectivity index (χ2v) is 6.88. The van der Waals surface area contributed by atoms with Crippen molar-refractivity contribution in [1.29, 1.82) is 0 Å². The predicted octanol–water partition coefficient (Wildman–Crippen LogP) is 2.78. The van der Waals surface area contributed by atoms with Gasteiger partial charge in [-0.2, -0.15) is 0 Å². The Morgan fingerprint density at radius 2 is 2.00 bits per heavy atom. The average molecular weight is 280 g/mol. The van der Waals surface area contributed by atoms with Crippen LogP contribution < -0.4 is 5.32 Å². The summed E-state index contributed by atoms with van der Waals surface area (Å²) in [4.78, 5) is 14.3. The van der Waals surface area contributed by atoms with Crippen LogP contribution in [0.25, 0.3) is 0 Å². The van der Waals surface area contributed by atoms with Crippen molar-refractivity contribution in [3.63, 3.8) is 0 Å². The quantitative estimate of drug-likeness (QED) is 0.842. The summed E-state index contributed by atoms with van der Waals surface area (Å²) in [5.74, 6) is 1.74. The Bertz CT molecular complexity index is 339. The van der Waals surface area contributed by atoms with Gasteiger partial charge in [0.05, 0.1) is 6.61 Å². The van der Waals surface area contributed by atoms with Gasteiger partial charge >= 0.3 is 6.09 Å². The highest BCUT2D eigenvalue weighted by molar-refractivity contribution is 5.67. The van der Waals surface area contributed by atoms with Crippen molar-refractivity contribution in [3.05, 3.63) is 0 Å². The van der Waals surface area contributed by atoms with Crippen LogP contribution in [0.5, 0.6) is 0 Å². The van der Waals surface area contributed by atoms with E-state index in [2.05, 4.69) is 10.2 Å². The summed E-state index contributed by atoms with van der Waals surface area (Å²) < 4.78 is 5.04. The van der Waals surface area contributed by atoms with E-state index < -0.39 is 0 Å². The molecular weight excluding hydrogens is 252 g/mol. The lowest BCUT2D eigenvalue weighted by Gasteiger charge is -2.45. The Morgan fingerprint density at radius 3 is 2.60 bits per heavy atom. The number of nitrogens with one attached hydrogen (secondary N) is 1. The third-order valence-corrected chi connectivity index (χ3v) is 5.12. The number of piperidine rings is 1. The Morgan fingerprint density at radius 1 is 1.20 bits per heavy atom. The molecule has 4 nitrogen and oxygen atoms in total. The number of ether oxygens (including phenoxy) is 1. The molecule has 2 unspecified atom stereocenters. The molecule has 1 N–H and O–H groups in total. The summed E-state index contributed by atoms with van der Waals surface area (Å²) in [6, 6.07) is 1.07. The molecule has 0 aromatic heterocycles. The first-order chi connectivity index (χ1) is 9.74. The van der Waals surface area contributed by atoms with Crippen LogP contribution in [0.1, 0.15) is 51.9 Å². The molecule has 0 bridgehead atoms. The summed E-state index contributed by atoms with van der Waals surface area (Å²) in [6.07, 6.45) is 9.20. The number of nitrogens with zero attached hydrogens (tertiary/aromatic N) is 1. The van der Waals surface area contributed by atoms with Gasteiger partial charge in [-0.05, 0) is 44.4 Å². The van der Waals surface area contributed by atoms with Crippen LogP contribution in [0.4, 0.5) is 4.79 Å². The molecule has 0 radical (unpaired) electrons. The van der Waals surface area contributed by atoms with Gasteiger partial charge in [0.1, 0.15) is 0 Å². The number of likely N-dealkylation sites (tertiary alicyclic amines) is 1. The van der Waals surface area contributed by atoms with Crippen molar-refractivity contribution >= 4 is 6.09 Å². The number of alkyl carbamates (subject to hydrolysis) is 1. The van der Waals surface area contributed by atoms with Gasteiger partial charge in [-0.25, -0.2) is 4.79 Å². The van der Waals surface area contributed by atoms with Gasteiger partial charge in [0.15, 0.2) is 0 Å². The molecule has 0 aromatic rings. The smallest absolute Gasteiger partial charge is 0.407 e. The van der Waals surface area contributed by atoms with Gasteiger partial charge in [0.2, 0.25) is 0 Å². The molecule has 0 spiro atoms. The van der Waals surface area contributed by atoms with Gasteiger partial charge in [-0.1, -0.05) is 19.3 Å². The first-order valence-electron chi connectivity index (χ1n) is 8.42. The van der Waals surface area contributed by atoms with Crippen LogP contribution in [0.2, 0.25) is 0 Å². The lowest BCUT2D eigenvalue weighted by atomic mass is 9.84. The number of carbonyl (C=O) groups is 1. The minimum Gasteiger partial charge on any atom is -0.450 e. The number of rotatable bonds is 5. The van der Waals surface area contributed by atoms with E-state index in [9.17, 15) is 4.79 Å². The van der Waals surface area contributed by atoms with E-state index in [0.717, 1.165) is 30.8 Å². The highest BCUT2D eigenvalue weighted by Gasteiger charge is 2.36. The summed E-state index contributed by atoms with van der Waals surface area (Å²) in [5, 5.41) is 3.07. The Labute approximate surface area is 122 Å². The van der Waals surface area contributed by atoms with Crippen molar-refractivity contribution in [3.8, 4) is 0 Å². The molecule has 2 atom stereocenters. The number of amides is 1. The van der Waals surface area contributed by atoms with Crippen molar-refractivity contribution < 1.29 is 9.53 Å². The SMILES string of the molecule is CCOC(=O)NC1CC(CC2CC2)CN(C2CCC2)C1. The maximum atomic E-state index is 11.7. The van der Waals surface area contributed by atoms with E-state index in [1.807, 2.05) is 6.92 Å². The number of carbonyl (C=O) groups excluding carboxylic acids is 1. The zero-order chi connectivity index (χ0) is 13.9. The van der Waals surface area contributed by atoms with Gasteiger partial charge in [0, 0.05) is 25.2 Å². The largest absolute Gasteiger partial charge is 0.450 e. The fourth-order valence-corrected chi connectivity index (χ4v) is 3.73. The highest BCUT2D eigenvalue weighted by Crippen LogP contribution is 2.39. The molecule has 3 fully saturated rings. The Balaban J connectivity index is 1.54. The highest BCUT2D eigenvalue weighted by atomic mass is 16.5. The topological polar surface area (TPSA) is 41.6 Å². The molecule has 2 saturated carbocycles. The lowest BCUT2D eigenvalue weighted by molar-refractivity contribution is 0.0524. The summed E-state index contributed by atoms with van der Waals surface area (Å²) in [5.41, 5.74) is 0. The van der Waals surface area contributed by atoms with E-state index in [1.54, 1.807) is 0 Å². The zero-order valence-corrected chi connectivity index (χ0v) is 12.6. The summed E-state index contributed by atoms with van der Waals surface area (Å²) in [7, 11) is 0. The fourth-order valence-electron chi connectivity index (χ4n) is 3.73. The minimum atomic E-state index is -0.238. The van der Waals surface area contributed by atoms with Crippen molar-refractivity contribution in [2.45, 2.75) is 64.0 Å². The maximum Gasteiger partial charge on any atom is 0.407 e. The molecular formula is C16H28N2O2. The standard InChI is InChI=1S/C16H28N2O2/c1-2-20-16(19)17-14-9-13(8-12-6-7-12)10-18(11-14)15-4-3-5-15/h12-15H,2-11H2,1H3,(H,17,19).